The molecule has 5 rings (SSSR count). The van der Waals surface area contributed by atoms with Crippen molar-refractivity contribution in [2.24, 2.45) is 7.05 Å². The average molecular weight is 359 g/mol. The molecule has 5 heteroatoms. The summed E-state index contributed by atoms with van der Waals surface area (Å²) in [6, 6.07) is 15.1. The van der Waals surface area contributed by atoms with Crippen LogP contribution in [0, 0.1) is 0 Å². The number of hydrogen-bond donors (Lipinski definition) is 0. The van der Waals surface area contributed by atoms with Gasteiger partial charge in [0, 0.05) is 56.6 Å². The number of pyridine rings is 1. The number of aromatic nitrogens is 3. The van der Waals surface area contributed by atoms with Crippen LogP contribution in [0.25, 0.3) is 0 Å². The molecule has 1 spiro atoms. The van der Waals surface area contributed by atoms with Crippen LogP contribution in [0.2, 0.25) is 0 Å². The van der Waals surface area contributed by atoms with E-state index in [1.54, 1.807) is 0 Å². The highest BCUT2D eigenvalue weighted by Crippen LogP contribution is 2.45. The van der Waals surface area contributed by atoms with Gasteiger partial charge in [-0.15, -0.1) is 0 Å². The Labute approximate surface area is 160 Å². The van der Waals surface area contributed by atoms with E-state index in [-0.39, 0.29) is 5.41 Å². The van der Waals surface area contributed by atoms with Gasteiger partial charge in [0.05, 0.1) is 17.6 Å². The minimum absolute atomic E-state index is 0.146. The zero-order chi connectivity index (χ0) is 18.3. The van der Waals surface area contributed by atoms with Crippen LogP contribution in [0.1, 0.15) is 23.2 Å². The quantitative estimate of drug-likeness (QED) is 0.718. The highest BCUT2D eigenvalue weighted by molar-refractivity contribution is 5.60. The van der Waals surface area contributed by atoms with Crippen molar-refractivity contribution >= 4 is 5.69 Å². The topological polar surface area (TPSA) is 37.2 Å². The molecule has 0 N–H and O–H groups in total. The van der Waals surface area contributed by atoms with Crippen LogP contribution < -0.4 is 4.90 Å². The maximum Gasteiger partial charge on any atom is 0.0729 e. The second kappa shape index (κ2) is 6.50. The average Bonchev–Trinajstić information content (AvgIpc) is 3.36. The number of aryl methyl sites for hydroxylation is 1. The summed E-state index contributed by atoms with van der Waals surface area (Å²) in [5.74, 6) is 0. The van der Waals surface area contributed by atoms with E-state index >= 15 is 0 Å². The molecular weight excluding hydrogens is 334 g/mol. The van der Waals surface area contributed by atoms with E-state index in [1.165, 1.54) is 28.9 Å². The Morgan fingerprint density at radius 3 is 2.70 bits per heavy atom. The molecule has 27 heavy (non-hydrogen) atoms. The molecule has 2 aliphatic heterocycles. The van der Waals surface area contributed by atoms with Crippen molar-refractivity contribution in [3.63, 3.8) is 0 Å². The minimum Gasteiger partial charge on any atom is -0.365 e. The molecule has 0 radical (unpaired) electrons. The fourth-order valence-corrected chi connectivity index (χ4v) is 4.76. The molecule has 0 amide bonds. The van der Waals surface area contributed by atoms with Crippen molar-refractivity contribution in [2.45, 2.75) is 24.9 Å². The molecule has 1 atom stereocenters. The first kappa shape index (κ1) is 16.5. The summed E-state index contributed by atoms with van der Waals surface area (Å²) in [5, 5.41) is 4.31. The third kappa shape index (κ3) is 3.02. The summed E-state index contributed by atoms with van der Waals surface area (Å²) in [6.07, 6.45) is 7.22. The molecule has 1 saturated heterocycles. The molecule has 1 aromatic carbocycles. The number of likely N-dealkylation sites (tertiary alicyclic amines) is 1. The van der Waals surface area contributed by atoms with Crippen molar-refractivity contribution in [3.8, 4) is 0 Å². The van der Waals surface area contributed by atoms with E-state index < -0.39 is 0 Å². The number of hydrogen-bond acceptors (Lipinski definition) is 4. The maximum atomic E-state index is 4.85. The molecule has 2 aliphatic rings. The van der Waals surface area contributed by atoms with E-state index in [2.05, 4.69) is 63.6 Å². The Balaban J connectivity index is 1.38. The second-order valence-electron chi connectivity index (χ2n) is 7.98. The zero-order valence-corrected chi connectivity index (χ0v) is 15.8. The lowest BCUT2D eigenvalue weighted by Crippen LogP contribution is -2.36. The summed E-state index contributed by atoms with van der Waals surface area (Å²) >= 11 is 0. The Morgan fingerprint density at radius 2 is 1.89 bits per heavy atom. The summed E-state index contributed by atoms with van der Waals surface area (Å²) in [7, 11) is 1.98. The van der Waals surface area contributed by atoms with Crippen LogP contribution in [0.4, 0.5) is 5.69 Å². The van der Waals surface area contributed by atoms with E-state index in [1.807, 2.05) is 24.1 Å². The van der Waals surface area contributed by atoms with Crippen molar-refractivity contribution in [2.75, 3.05) is 24.5 Å². The molecule has 3 aromatic rings. The normalized spacial score (nSPS) is 21.9. The third-order valence-electron chi connectivity index (χ3n) is 5.94. The van der Waals surface area contributed by atoms with Crippen molar-refractivity contribution in [3.05, 3.63) is 77.9 Å². The van der Waals surface area contributed by atoms with Crippen molar-refractivity contribution in [1.29, 1.82) is 0 Å². The Bertz CT molecular complexity index is 935. The first-order valence-corrected chi connectivity index (χ1v) is 9.66. The van der Waals surface area contributed by atoms with Gasteiger partial charge < -0.3 is 4.90 Å². The second-order valence-corrected chi connectivity index (χ2v) is 7.98. The number of fused-ring (bicyclic) bond motifs is 2. The van der Waals surface area contributed by atoms with Gasteiger partial charge in [-0.3, -0.25) is 14.6 Å². The van der Waals surface area contributed by atoms with E-state index in [4.69, 9.17) is 4.98 Å². The van der Waals surface area contributed by atoms with Crippen LogP contribution >= 0.6 is 0 Å². The lowest BCUT2D eigenvalue weighted by atomic mass is 9.85. The Hall–Kier alpha value is -2.66. The number of benzene rings is 1. The molecule has 1 fully saturated rings. The maximum absolute atomic E-state index is 4.85. The summed E-state index contributed by atoms with van der Waals surface area (Å²) < 4.78 is 1.88. The van der Waals surface area contributed by atoms with Gasteiger partial charge in [0.25, 0.3) is 0 Å². The first-order chi connectivity index (χ1) is 13.2. The standard InChI is InChI=1S/C22H25N5/c1-25-13-19(12-24-25)14-26-11-9-22(16-26)17-27(15-18-6-3-2-4-7-18)20-8-5-10-23-21(20)22/h2-8,10,12-13H,9,11,14-17H2,1H3/t22-/m1/s1. The minimum atomic E-state index is 0.146. The number of anilines is 1. The van der Waals surface area contributed by atoms with Crippen LogP contribution in [0.5, 0.6) is 0 Å². The molecule has 5 nitrogen and oxygen atoms in total. The van der Waals surface area contributed by atoms with Gasteiger partial charge in [0.15, 0.2) is 0 Å². The highest BCUT2D eigenvalue weighted by atomic mass is 15.3. The molecule has 0 unspecified atom stereocenters. The van der Waals surface area contributed by atoms with Gasteiger partial charge >= 0.3 is 0 Å². The first-order valence-electron chi connectivity index (χ1n) is 9.66. The molecule has 138 valence electrons. The zero-order valence-electron chi connectivity index (χ0n) is 15.8. The highest BCUT2D eigenvalue weighted by Gasteiger charge is 2.48. The van der Waals surface area contributed by atoms with Gasteiger partial charge in [-0.2, -0.15) is 5.10 Å². The largest absolute Gasteiger partial charge is 0.365 e. The smallest absolute Gasteiger partial charge is 0.0729 e. The SMILES string of the molecule is Cn1cc(CN2CC[C@@]3(C2)CN(Cc2ccccc2)c2cccnc23)cn1. The Kier molecular flexibility index (Phi) is 3.97. The van der Waals surface area contributed by atoms with Gasteiger partial charge in [0.2, 0.25) is 0 Å². The lowest BCUT2D eigenvalue weighted by Gasteiger charge is -2.26. The van der Waals surface area contributed by atoms with Crippen LogP contribution in [-0.2, 0) is 25.6 Å². The summed E-state index contributed by atoms with van der Waals surface area (Å²) in [6.45, 7) is 5.15. The fraction of sp³-hybridized carbons (Fsp3) is 0.364. The van der Waals surface area contributed by atoms with Gasteiger partial charge in [-0.25, -0.2) is 0 Å². The van der Waals surface area contributed by atoms with Crippen LogP contribution in [0.15, 0.2) is 61.1 Å². The molecule has 0 bridgehead atoms. The fourth-order valence-electron chi connectivity index (χ4n) is 4.76. The van der Waals surface area contributed by atoms with Crippen molar-refractivity contribution in [1.82, 2.24) is 19.7 Å². The predicted molar refractivity (Wildman–Crippen MR) is 107 cm³/mol. The number of rotatable bonds is 4. The predicted octanol–water partition coefficient (Wildman–Crippen LogP) is 2.98. The number of nitrogens with zero attached hydrogens (tertiary/aromatic N) is 5. The molecule has 0 saturated carbocycles. The van der Waals surface area contributed by atoms with Crippen LogP contribution in [-0.4, -0.2) is 39.3 Å². The lowest BCUT2D eigenvalue weighted by molar-refractivity contribution is 0.305. The molecule has 2 aromatic heterocycles. The van der Waals surface area contributed by atoms with Crippen LogP contribution in [0.3, 0.4) is 0 Å². The van der Waals surface area contributed by atoms with Crippen molar-refractivity contribution < 1.29 is 0 Å². The third-order valence-corrected chi connectivity index (χ3v) is 5.94. The molecule has 0 aliphatic carbocycles. The molecule has 4 heterocycles. The summed E-state index contributed by atoms with van der Waals surface area (Å²) in [5.41, 5.74) is 5.39. The van der Waals surface area contributed by atoms with E-state index in [0.29, 0.717) is 0 Å². The molecular formula is C22H25N5. The van der Waals surface area contributed by atoms with Gasteiger partial charge in [0.1, 0.15) is 0 Å². The summed E-state index contributed by atoms with van der Waals surface area (Å²) in [4.78, 5) is 9.92. The Morgan fingerprint density at radius 1 is 1.00 bits per heavy atom. The monoisotopic (exact) mass is 359 g/mol. The van der Waals surface area contributed by atoms with Gasteiger partial charge in [-0.05, 0) is 30.7 Å². The van der Waals surface area contributed by atoms with E-state index in [0.717, 1.165) is 32.7 Å². The van der Waals surface area contributed by atoms with Gasteiger partial charge in [-0.1, -0.05) is 30.3 Å². The van der Waals surface area contributed by atoms with E-state index in [9.17, 15) is 0 Å².